The fourth-order valence-corrected chi connectivity index (χ4v) is 2.25. The predicted molar refractivity (Wildman–Crippen MR) is 86.3 cm³/mol. The topological polar surface area (TPSA) is 89.1 Å². The molecule has 0 spiro atoms. The highest BCUT2D eigenvalue weighted by Crippen LogP contribution is 2.21. The molecule has 3 aromatic rings. The molecule has 1 aromatic heterocycles. The Morgan fingerprint density at radius 2 is 1.95 bits per heavy atom. The highest BCUT2D eigenvalue weighted by Gasteiger charge is 2.07. The summed E-state index contributed by atoms with van der Waals surface area (Å²) >= 11 is 0. The number of hydrogen-bond acceptors (Lipinski definition) is 4. The SMILES string of the molecule is Nc1cc(/C=C\c2ccc3c(C(=O)O)cccc3c2)ncn1. The Bertz CT molecular complexity index is 888. The second-order valence-corrected chi connectivity index (χ2v) is 4.79. The van der Waals surface area contributed by atoms with E-state index in [9.17, 15) is 9.90 Å². The molecule has 0 atom stereocenters. The Hall–Kier alpha value is -3.21. The minimum absolute atomic E-state index is 0.302. The number of rotatable bonds is 3. The summed E-state index contributed by atoms with van der Waals surface area (Å²) in [5.41, 5.74) is 7.57. The van der Waals surface area contributed by atoms with Crippen LogP contribution < -0.4 is 5.73 Å². The Balaban J connectivity index is 1.97. The van der Waals surface area contributed by atoms with Crippen molar-refractivity contribution in [2.45, 2.75) is 0 Å². The number of benzene rings is 2. The number of aromatic carboxylic acids is 1. The highest BCUT2D eigenvalue weighted by molar-refractivity contribution is 6.04. The van der Waals surface area contributed by atoms with Crippen LogP contribution in [-0.4, -0.2) is 21.0 Å². The van der Waals surface area contributed by atoms with E-state index >= 15 is 0 Å². The van der Waals surface area contributed by atoms with Gasteiger partial charge < -0.3 is 10.8 Å². The monoisotopic (exact) mass is 291 g/mol. The Morgan fingerprint density at radius 3 is 2.73 bits per heavy atom. The van der Waals surface area contributed by atoms with Crippen molar-refractivity contribution in [3.63, 3.8) is 0 Å². The van der Waals surface area contributed by atoms with E-state index in [0.29, 0.717) is 17.1 Å². The Labute approximate surface area is 126 Å². The van der Waals surface area contributed by atoms with Crippen molar-refractivity contribution >= 4 is 34.7 Å². The van der Waals surface area contributed by atoms with E-state index in [1.165, 1.54) is 6.33 Å². The van der Waals surface area contributed by atoms with E-state index in [-0.39, 0.29) is 0 Å². The summed E-state index contributed by atoms with van der Waals surface area (Å²) in [6, 6.07) is 12.5. The van der Waals surface area contributed by atoms with Gasteiger partial charge in [-0.15, -0.1) is 0 Å². The molecule has 5 heteroatoms. The maximum Gasteiger partial charge on any atom is 0.336 e. The molecule has 0 aliphatic carbocycles. The van der Waals surface area contributed by atoms with Crippen LogP contribution in [0, 0.1) is 0 Å². The van der Waals surface area contributed by atoms with Crippen LogP contribution in [0.5, 0.6) is 0 Å². The summed E-state index contributed by atoms with van der Waals surface area (Å²) in [7, 11) is 0. The molecule has 0 aliphatic heterocycles. The van der Waals surface area contributed by atoms with E-state index < -0.39 is 5.97 Å². The van der Waals surface area contributed by atoms with Crippen molar-refractivity contribution in [1.29, 1.82) is 0 Å². The third-order valence-corrected chi connectivity index (χ3v) is 3.29. The number of aromatic nitrogens is 2. The fraction of sp³-hybridized carbons (Fsp3) is 0. The number of carbonyl (C=O) groups is 1. The van der Waals surface area contributed by atoms with Crippen molar-refractivity contribution in [3.05, 3.63) is 65.6 Å². The van der Waals surface area contributed by atoms with Gasteiger partial charge >= 0.3 is 5.97 Å². The fourth-order valence-electron chi connectivity index (χ4n) is 2.25. The van der Waals surface area contributed by atoms with Crippen molar-refractivity contribution in [2.75, 3.05) is 5.73 Å². The summed E-state index contributed by atoms with van der Waals surface area (Å²) in [6.07, 6.45) is 5.14. The van der Waals surface area contributed by atoms with Gasteiger partial charge in [0.1, 0.15) is 12.1 Å². The van der Waals surface area contributed by atoms with Gasteiger partial charge in [-0.1, -0.05) is 30.3 Å². The van der Waals surface area contributed by atoms with E-state index in [4.69, 9.17) is 5.73 Å². The van der Waals surface area contributed by atoms with Crippen molar-refractivity contribution in [2.24, 2.45) is 0 Å². The number of carboxylic acid groups (broad SMARTS) is 1. The molecule has 3 N–H and O–H groups in total. The van der Waals surface area contributed by atoms with Crippen molar-refractivity contribution < 1.29 is 9.90 Å². The van der Waals surface area contributed by atoms with Crippen LogP contribution in [0.15, 0.2) is 48.8 Å². The van der Waals surface area contributed by atoms with E-state index in [1.54, 1.807) is 18.2 Å². The lowest BCUT2D eigenvalue weighted by molar-refractivity contribution is 0.0699. The second-order valence-electron chi connectivity index (χ2n) is 4.79. The summed E-state index contributed by atoms with van der Waals surface area (Å²) in [4.78, 5) is 19.1. The lowest BCUT2D eigenvalue weighted by Crippen LogP contribution is -1.96. The summed E-state index contributed by atoms with van der Waals surface area (Å²) in [5.74, 6) is -0.510. The number of carboxylic acids is 1. The number of fused-ring (bicyclic) bond motifs is 1. The highest BCUT2D eigenvalue weighted by atomic mass is 16.4. The van der Waals surface area contributed by atoms with Gasteiger partial charge in [-0.25, -0.2) is 14.8 Å². The van der Waals surface area contributed by atoms with Crippen molar-refractivity contribution in [3.8, 4) is 0 Å². The molecule has 0 saturated carbocycles. The molecular formula is C17H13N3O2. The average molecular weight is 291 g/mol. The first-order valence-corrected chi connectivity index (χ1v) is 6.65. The number of nitrogens with zero attached hydrogens (tertiary/aromatic N) is 2. The third kappa shape index (κ3) is 2.78. The van der Waals surface area contributed by atoms with Crippen LogP contribution in [0.2, 0.25) is 0 Å². The lowest BCUT2D eigenvalue weighted by Gasteiger charge is -2.03. The minimum Gasteiger partial charge on any atom is -0.478 e. The number of anilines is 1. The standard InChI is InChI=1S/C17H13N3O2/c18-16-9-13(19-10-20-16)6-4-11-5-7-14-12(8-11)2-1-3-15(14)17(21)22/h1-10H,(H,21,22)(H2,18,19,20)/b6-4-. The van der Waals surface area contributed by atoms with Crippen LogP contribution in [0.4, 0.5) is 5.82 Å². The predicted octanol–water partition coefficient (Wildman–Crippen LogP) is 3.08. The molecule has 0 unspecified atom stereocenters. The summed E-state index contributed by atoms with van der Waals surface area (Å²) in [6.45, 7) is 0. The zero-order chi connectivity index (χ0) is 15.5. The summed E-state index contributed by atoms with van der Waals surface area (Å²) in [5, 5.41) is 10.8. The van der Waals surface area contributed by atoms with Gasteiger partial charge in [0.25, 0.3) is 0 Å². The second kappa shape index (κ2) is 5.65. The number of hydrogen-bond donors (Lipinski definition) is 2. The van der Waals surface area contributed by atoms with Crippen LogP contribution in [0.1, 0.15) is 21.6 Å². The molecule has 0 amide bonds. The third-order valence-electron chi connectivity index (χ3n) is 3.29. The molecule has 0 fully saturated rings. The van der Waals surface area contributed by atoms with E-state index in [0.717, 1.165) is 16.3 Å². The molecular weight excluding hydrogens is 278 g/mol. The van der Waals surface area contributed by atoms with E-state index in [1.807, 2.05) is 36.4 Å². The van der Waals surface area contributed by atoms with Gasteiger partial charge in [0, 0.05) is 6.07 Å². The average Bonchev–Trinajstić information content (AvgIpc) is 2.52. The molecule has 0 saturated heterocycles. The zero-order valence-corrected chi connectivity index (χ0v) is 11.6. The first-order valence-electron chi connectivity index (χ1n) is 6.65. The molecule has 0 bridgehead atoms. The number of nitrogens with two attached hydrogens (primary N) is 1. The molecule has 108 valence electrons. The summed E-state index contributed by atoms with van der Waals surface area (Å²) < 4.78 is 0. The van der Waals surface area contributed by atoms with E-state index in [2.05, 4.69) is 9.97 Å². The first kappa shape index (κ1) is 13.8. The Kier molecular flexibility index (Phi) is 3.53. The molecule has 0 radical (unpaired) electrons. The van der Waals surface area contributed by atoms with Gasteiger partial charge in [0.05, 0.1) is 11.3 Å². The van der Waals surface area contributed by atoms with Crippen molar-refractivity contribution in [1.82, 2.24) is 9.97 Å². The lowest BCUT2D eigenvalue weighted by atomic mass is 10.0. The maximum atomic E-state index is 11.2. The van der Waals surface area contributed by atoms with Gasteiger partial charge in [-0.05, 0) is 34.5 Å². The van der Waals surface area contributed by atoms with Crippen LogP contribution >= 0.6 is 0 Å². The van der Waals surface area contributed by atoms with Gasteiger partial charge in [-0.3, -0.25) is 0 Å². The largest absolute Gasteiger partial charge is 0.478 e. The quantitative estimate of drug-likeness (QED) is 0.774. The smallest absolute Gasteiger partial charge is 0.336 e. The molecule has 1 heterocycles. The van der Waals surface area contributed by atoms with Crippen LogP contribution in [0.25, 0.3) is 22.9 Å². The number of nitrogen functional groups attached to an aromatic ring is 1. The first-order chi connectivity index (χ1) is 10.6. The minimum atomic E-state index is -0.926. The molecule has 2 aromatic carbocycles. The molecule has 22 heavy (non-hydrogen) atoms. The van der Waals surface area contributed by atoms with Crippen LogP contribution in [0.3, 0.4) is 0 Å². The van der Waals surface area contributed by atoms with Gasteiger partial charge in [0.15, 0.2) is 0 Å². The Morgan fingerprint density at radius 1 is 1.09 bits per heavy atom. The van der Waals surface area contributed by atoms with Gasteiger partial charge in [-0.2, -0.15) is 0 Å². The maximum absolute atomic E-state index is 11.2. The zero-order valence-electron chi connectivity index (χ0n) is 11.6. The normalized spacial score (nSPS) is 11.1. The van der Waals surface area contributed by atoms with Crippen LogP contribution in [-0.2, 0) is 0 Å². The molecule has 0 aliphatic rings. The molecule has 5 nitrogen and oxygen atoms in total. The van der Waals surface area contributed by atoms with Gasteiger partial charge in [0.2, 0.25) is 0 Å². The molecule has 3 rings (SSSR count).